The Bertz CT molecular complexity index is 1380. The van der Waals surface area contributed by atoms with E-state index in [9.17, 15) is 9.59 Å². The van der Waals surface area contributed by atoms with Crippen molar-refractivity contribution in [2.45, 2.75) is 26.8 Å². The van der Waals surface area contributed by atoms with Crippen LogP contribution in [-0.2, 0) is 9.53 Å². The molecule has 0 fully saturated rings. The van der Waals surface area contributed by atoms with Crippen molar-refractivity contribution in [3.05, 3.63) is 108 Å². The number of aryl methyl sites for hydroxylation is 1. The molecule has 6 heteroatoms. The zero-order chi connectivity index (χ0) is 22.7. The SMILES string of the molecule is CCOC(=O)C1=C(C)N=c2s/c(=C/C=C/c3ccccc3)c(=O)n2C1c1ccc(C)cc1. The average molecular weight is 445 g/mol. The summed E-state index contributed by atoms with van der Waals surface area (Å²) in [5.41, 5.74) is 3.79. The van der Waals surface area contributed by atoms with E-state index in [-0.39, 0.29) is 12.2 Å². The van der Waals surface area contributed by atoms with Crippen LogP contribution in [0.25, 0.3) is 12.2 Å². The third-order valence-corrected chi connectivity index (χ3v) is 6.25. The number of esters is 1. The van der Waals surface area contributed by atoms with E-state index in [4.69, 9.17) is 4.74 Å². The molecule has 32 heavy (non-hydrogen) atoms. The fourth-order valence-corrected chi connectivity index (χ4v) is 4.68. The van der Waals surface area contributed by atoms with Crippen LogP contribution in [0.3, 0.4) is 0 Å². The quantitative estimate of drug-likeness (QED) is 0.563. The van der Waals surface area contributed by atoms with E-state index in [1.165, 1.54) is 11.3 Å². The van der Waals surface area contributed by atoms with E-state index in [0.717, 1.165) is 16.7 Å². The number of thiazole rings is 1. The Balaban J connectivity index is 1.86. The number of benzene rings is 2. The Kier molecular flexibility index (Phi) is 6.32. The molecule has 0 saturated heterocycles. The van der Waals surface area contributed by atoms with Crippen molar-refractivity contribution < 1.29 is 9.53 Å². The largest absolute Gasteiger partial charge is 0.463 e. The van der Waals surface area contributed by atoms with Crippen LogP contribution in [-0.4, -0.2) is 17.1 Å². The minimum Gasteiger partial charge on any atom is -0.463 e. The van der Waals surface area contributed by atoms with Crippen molar-refractivity contribution in [1.29, 1.82) is 0 Å². The summed E-state index contributed by atoms with van der Waals surface area (Å²) in [5.74, 6) is -0.447. The van der Waals surface area contributed by atoms with Crippen molar-refractivity contribution in [3.63, 3.8) is 0 Å². The summed E-state index contributed by atoms with van der Waals surface area (Å²) in [6.07, 6.45) is 5.61. The molecule has 1 aliphatic heterocycles. The Labute approximate surface area is 190 Å². The van der Waals surface area contributed by atoms with Gasteiger partial charge in [-0.05, 0) is 38.0 Å². The summed E-state index contributed by atoms with van der Waals surface area (Å²) < 4.78 is 7.48. The van der Waals surface area contributed by atoms with E-state index in [1.807, 2.05) is 73.7 Å². The van der Waals surface area contributed by atoms with Gasteiger partial charge in [0, 0.05) is 0 Å². The van der Waals surface area contributed by atoms with Gasteiger partial charge in [0.1, 0.15) is 0 Å². The molecule has 4 rings (SSSR count). The van der Waals surface area contributed by atoms with Crippen molar-refractivity contribution in [1.82, 2.24) is 4.57 Å². The maximum atomic E-state index is 13.4. The monoisotopic (exact) mass is 444 g/mol. The highest BCUT2D eigenvalue weighted by Gasteiger charge is 2.33. The lowest BCUT2D eigenvalue weighted by atomic mass is 9.95. The lowest BCUT2D eigenvalue weighted by molar-refractivity contribution is -0.139. The molecule has 162 valence electrons. The lowest BCUT2D eigenvalue weighted by Gasteiger charge is -2.24. The normalized spacial score (nSPS) is 16.2. The highest BCUT2D eigenvalue weighted by atomic mass is 32.1. The molecule has 3 aromatic rings. The average Bonchev–Trinajstić information content (AvgIpc) is 3.09. The van der Waals surface area contributed by atoms with Crippen LogP contribution in [0.5, 0.6) is 0 Å². The van der Waals surface area contributed by atoms with E-state index < -0.39 is 12.0 Å². The number of carbonyl (C=O) groups excluding carboxylic acids is 1. The third-order valence-electron chi connectivity index (χ3n) is 5.25. The van der Waals surface area contributed by atoms with Gasteiger partial charge in [-0.15, -0.1) is 0 Å². The summed E-state index contributed by atoms with van der Waals surface area (Å²) in [4.78, 5) is 31.4. The third kappa shape index (κ3) is 4.27. The van der Waals surface area contributed by atoms with Gasteiger partial charge in [-0.2, -0.15) is 0 Å². The molecule has 1 aliphatic rings. The summed E-state index contributed by atoms with van der Waals surface area (Å²) in [5, 5.41) is 0. The fourth-order valence-electron chi connectivity index (χ4n) is 3.68. The Hall–Kier alpha value is -3.51. The first kappa shape index (κ1) is 21.7. The number of carbonyl (C=O) groups is 1. The second kappa shape index (κ2) is 9.32. The van der Waals surface area contributed by atoms with Crippen molar-refractivity contribution >= 4 is 29.5 Å². The minimum absolute atomic E-state index is 0.175. The molecule has 0 aliphatic carbocycles. The summed E-state index contributed by atoms with van der Waals surface area (Å²) in [6.45, 7) is 5.81. The molecule has 0 N–H and O–H groups in total. The highest BCUT2D eigenvalue weighted by Crippen LogP contribution is 2.30. The van der Waals surface area contributed by atoms with Crippen LogP contribution in [0.4, 0.5) is 0 Å². The first-order chi connectivity index (χ1) is 15.5. The summed E-state index contributed by atoms with van der Waals surface area (Å²) in [7, 11) is 0. The van der Waals surface area contributed by atoms with E-state index >= 15 is 0 Å². The fraction of sp³-hybridized carbons (Fsp3) is 0.192. The molecule has 5 nitrogen and oxygen atoms in total. The second-order valence-electron chi connectivity index (χ2n) is 7.51. The number of nitrogens with zero attached hydrogens (tertiary/aromatic N) is 2. The molecule has 0 amide bonds. The van der Waals surface area contributed by atoms with Gasteiger partial charge in [0.15, 0.2) is 4.80 Å². The Morgan fingerprint density at radius 3 is 2.53 bits per heavy atom. The zero-order valence-electron chi connectivity index (χ0n) is 18.2. The van der Waals surface area contributed by atoms with E-state index in [0.29, 0.717) is 20.6 Å². The number of fused-ring (bicyclic) bond motifs is 1. The lowest BCUT2D eigenvalue weighted by Crippen LogP contribution is -2.39. The Morgan fingerprint density at radius 1 is 1.12 bits per heavy atom. The van der Waals surface area contributed by atoms with Crippen LogP contribution in [0.15, 0.2) is 81.7 Å². The minimum atomic E-state index is -0.578. The number of ether oxygens (including phenoxy) is 1. The molecular weight excluding hydrogens is 420 g/mol. The van der Waals surface area contributed by atoms with Crippen LogP contribution in [0, 0.1) is 6.92 Å². The standard InChI is InChI=1S/C26H24N2O3S/c1-4-31-25(30)22-18(3)27-26-28(23(22)20-15-13-17(2)14-16-20)24(29)21(32-26)12-8-11-19-9-6-5-7-10-19/h5-16,23H,4H2,1-3H3/b11-8+,21-12+. The highest BCUT2D eigenvalue weighted by molar-refractivity contribution is 7.07. The number of hydrogen-bond donors (Lipinski definition) is 0. The molecular formula is C26H24N2O3S. The molecule has 0 radical (unpaired) electrons. The van der Waals surface area contributed by atoms with Gasteiger partial charge >= 0.3 is 5.97 Å². The van der Waals surface area contributed by atoms with Gasteiger partial charge in [0.05, 0.1) is 28.5 Å². The van der Waals surface area contributed by atoms with Gasteiger partial charge in [-0.3, -0.25) is 9.36 Å². The molecule has 1 aromatic heterocycles. The van der Waals surface area contributed by atoms with E-state index in [2.05, 4.69) is 4.99 Å². The Morgan fingerprint density at radius 2 is 1.84 bits per heavy atom. The smallest absolute Gasteiger partial charge is 0.338 e. The van der Waals surface area contributed by atoms with Crippen LogP contribution in [0.2, 0.25) is 0 Å². The van der Waals surface area contributed by atoms with Gasteiger partial charge in [0.2, 0.25) is 0 Å². The predicted octanol–water partition coefficient (Wildman–Crippen LogP) is 3.77. The second-order valence-corrected chi connectivity index (χ2v) is 8.51. The van der Waals surface area contributed by atoms with Crippen LogP contribution in [0.1, 0.15) is 36.6 Å². The maximum Gasteiger partial charge on any atom is 0.338 e. The maximum absolute atomic E-state index is 13.4. The molecule has 0 spiro atoms. The van der Waals surface area contributed by atoms with Gasteiger partial charge < -0.3 is 4.74 Å². The van der Waals surface area contributed by atoms with Gasteiger partial charge in [-0.1, -0.05) is 83.6 Å². The number of aromatic nitrogens is 1. The summed E-state index contributed by atoms with van der Waals surface area (Å²) >= 11 is 1.32. The molecule has 2 aromatic carbocycles. The zero-order valence-corrected chi connectivity index (χ0v) is 19.1. The molecule has 2 heterocycles. The van der Waals surface area contributed by atoms with E-state index in [1.54, 1.807) is 24.5 Å². The van der Waals surface area contributed by atoms with Crippen LogP contribution < -0.4 is 14.9 Å². The number of allylic oxidation sites excluding steroid dienone is 2. The number of rotatable bonds is 5. The molecule has 1 unspecified atom stereocenters. The van der Waals surface area contributed by atoms with Crippen molar-refractivity contribution in [2.75, 3.05) is 6.61 Å². The van der Waals surface area contributed by atoms with Crippen molar-refractivity contribution in [3.8, 4) is 0 Å². The molecule has 1 atom stereocenters. The van der Waals surface area contributed by atoms with Gasteiger partial charge in [-0.25, -0.2) is 9.79 Å². The predicted molar refractivity (Wildman–Crippen MR) is 128 cm³/mol. The first-order valence-electron chi connectivity index (χ1n) is 10.5. The topological polar surface area (TPSA) is 60.7 Å². The first-order valence-corrected chi connectivity index (χ1v) is 11.3. The molecule has 0 bridgehead atoms. The van der Waals surface area contributed by atoms with Crippen LogP contribution >= 0.6 is 11.3 Å². The number of hydrogen-bond acceptors (Lipinski definition) is 5. The molecule has 0 saturated carbocycles. The van der Waals surface area contributed by atoms with Gasteiger partial charge in [0.25, 0.3) is 5.56 Å². The van der Waals surface area contributed by atoms with Crippen molar-refractivity contribution in [2.24, 2.45) is 4.99 Å². The summed E-state index contributed by atoms with van der Waals surface area (Å²) in [6, 6.07) is 17.2.